The SMILES string of the molecule is CCCCCC(O)C(C)(C)c1ccc([C@@H]2[C@@H](CC=CCCCC(=O)OCCO)[C@H](Cl)C[C@H]2O)cc1. The first-order valence-corrected chi connectivity index (χ1v) is 13.7. The molecule has 0 saturated heterocycles. The fourth-order valence-electron chi connectivity index (χ4n) is 5.07. The lowest BCUT2D eigenvalue weighted by molar-refractivity contribution is -0.144. The molecule has 3 N–H and O–H groups in total. The van der Waals surface area contributed by atoms with Gasteiger partial charge in [0.05, 0.1) is 18.8 Å². The maximum absolute atomic E-state index is 11.5. The summed E-state index contributed by atoms with van der Waals surface area (Å²) in [6.07, 6.45) is 10.6. The number of carbonyl (C=O) groups excluding carboxylic acids is 1. The number of hydrogen-bond acceptors (Lipinski definition) is 5. The zero-order valence-electron chi connectivity index (χ0n) is 21.7. The van der Waals surface area contributed by atoms with Crippen molar-refractivity contribution in [2.45, 2.75) is 107 Å². The summed E-state index contributed by atoms with van der Waals surface area (Å²) in [5, 5.41) is 30.2. The summed E-state index contributed by atoms with van der Waals surface area (Å²) in [7, 11) is 0. The number of aliphatic hydroxyl groups is 3. The Labute approximate surface area is 216 Å². The second-order valence-corrected chi connectivity index (χ2v) is 11.0. The van der Waals surface area contributed by atoms with Crippen molar-refractivity contribution in [2.24, 2.45) is 5.92 Å². The quantitative estimate of drug-likeness (QED) is 0.124. The summed E-state index contributed by atoms with van der Waals surface area (Å²) < 4.78 is 4.86. The molecule has 0 aliphatic heterocycles. The van der Waals surface area contributed by atoms with Gasteiger partial charge in [0, 0.05) is 23.1 Å². The third-order valence-corrected chi connectivity index (χ3v) is 7.94. The van der Waals surface area contributed by atoms with Crippen LogP contribution in [0.15, 0.2) is 36.4 Å². The molecule has 0 bridgehead atoms. The van der Waals surface area contributed by atoms with Gasteiger partial charge >= 0.3 is 5.97 Å². The summed E-state index contributed by atoms with van der Waals surface area (Å²) >= 11 is 6.65. The molecule has 1 aliphatic rings. The monoisotopic (exact) mass is 508 g/mol. The van der Waals surface area contributed by atoms with Crippen molar-refractivity contribution < 1.29 is 24.9 Å². The molecule has 5 atom stereocenters. The van der Waals surface area contributed by atoms with Gasteiger partial charge < -0.3 is 20.1 Å². The molecule has 1 saturated carbocycles. The molecule has 35 heavy (non-hydrogen) atoms. The maximum Gasteiger partial charge on any atom is 0.305 e. The fraction of sp³-hybridized carbons (Fsp3) is 0.690. The highest BCUT2D eigenvalue weighted by molar-refractivity contribution is 6.21. The fourth-order valence-corrected chi connectivity index (χ4v) is 5.51. The maximum atomic E-state index is 11.5. The standard InChI is InChI=1S/C29H45ClO5/c1-4-5-8-12-26(33)29(2,3)22-16-14-21(15-17-22)28-23(24(30)20-25(28)32)11-9-6-7-10-13-27(34)35-19-18-31/h6,9,14-17,23-26,28,31-33H,4-5,7-8,10-13,18-20H2,1-3H3/t23-,24+,25+,26?,28+/m0/s1. The third-order valence-electron chi connectivity index (χ3n) is 7.44. The molecule has 5 nitrogen and oxygen atoms in total. The summed E-state index contributed by atoms with van der Waals surface area (Å²) in [6.45, 7) is 6.26. The van der Waals surface area contributed by atoms with Gasteiger partial charge in [0.15, 0.2) is 0 Å². The van der Waals surface area contributed by atoms with Crippen LogP contribution in [0.1, 0.15) is 95.6 Å². The first kappa shape index (κ1) is 29.8. The van der Waals surface area contributed by atoms with Crippen molar-refractivity contribution in [2.75, 3.05) is 13.2 Å². The Balaban J connectivity index is 1.96. The number of aliphatic hydroxyl groups excluding tert-OH is 3. The van der Waals surface area contributed by atoms with E-state index in [9.17, 15) is 15.0 Å². The van der Waals surface area contributed by atoms with Gasteiger partial charge in [-0.15, -0.1) is 11.6 Å². The summed E-state index contributed by atoms with van der Waals surface area (Å²) in [6, 6.07) is 8.37. The Morgan fingerprint density at radius 2 is 1.91 bits per heavy atom. The van der Waals surface area contributed by atoms with Crippen LogP contribution >= 0.6 is 11.6 Å². The van der Waals surface area contributed by atoms with Gasteiger partial charge in [-0.1, -0.05) is 76.5 Å². The molecule has 1 aliphatic carbocycles. The molecule has 0 aromatic heterocycles. The van der Waals surface area contributed by atoms with Crippen molar-refractivity contribution in [3.8, 4) is 0 Å². The van der Waals surface area contributed by atoms with Crippen LogP contribution in [0.4, 0.5) is 0 Å². The second-order valence-electron chi connectivity index (χ2n) is 10.4. The highest BCUT2D eigenvalue weighted by Gasteiger charge is 2.42. The van der Waals surface area contributed by atoms with E-state index in [1.165, 1.54) is 0 Å². The average Bonchev–Trinajstić information content (AvgIpc) is 3.12. The van der Waals surface area contributed by atoms with Crippen LogP contribution in [0.25, 0.3) is 0 Å². The minimum atomic E-state index is -0.476. The Kier molecular flexibility index (Phi) is 12.8. The van der Waals surface area contributed by atoms with Crippen LogP contribution in [0.5, 0.6) is 0 Å². The zero-order valence-corrected chi connectivity index (χ0v) is 22.4. The predicted molar refractivity (Wildman–Crippen MR) is 142 cm³/mol. The van der Waals surface area contributed by atoms with Gasteiger partial charge in [-0.25, -0.2) is 0 Å². The van der Waals surface area contributed by atoms with Gasteiger partial charge in [0.2, 0.25) is 0 Å². The van der Waals surface area contributed by atoms with Crippen LogP contribution in [-0.4, -0.2) is 52.1 Å². The van der Waals surface area contributed by atoms with Crippen molar-refractivity contribution in [1.29, 1.82) is 0 Å². The van der Waals surface area contributed by atoms with E-state index in [0.29, 0.717) is 19.3 Å². The van der Waals surface area contributed by atoms with Crippen LogP contribution in [0.2, 0.25) is 0 Å². The molecule has 1 fully saturated rings. The van der Waals surface area contributed by atoms with Crippen molar-refractivity contribution >= 4 is 17.6 Å². The molecular weight excluding hydrogens is 464 g/mol. The lowest BCUT2D eigenvalue weighted by atomic mass is 9.76. The minimum absolute atomic E-state index is 0.0257. The molecule has 1 aromatic carbocycles. The molecule has 1 unspecified atom stereocenters. The van der Waals surface area contributed by atoms with E-state index in [0.717, 1.165) is 49.7 Å². The first-order valence-electron chi connectivity index (χ1n) is 13.2. The van der Waals surface area contributed by atoms with Crippen molar-refractivity contribution in [1.82, 2.24) is 0 Å². The summed E-state index contributed by atoms with van der Waals surface area (Å²) in [5.74, 6) is -0.175. The largest absolute Gasteiger partial charge is 0.463 e. The Morgan fingerprint density at radius 3 is 2.57 bits per heavy atom. The Bertz CT molecular complexity index is 776. The van der Waals surface area contributed by atoms with Gasteiger partial charge in [-0.3, -0.25) is 4.79 Å². The lowest BCUT2D eigenvalue weighted by Crippen LogP contribution is -2.33. The molecule has 0 radical (unpaired) electrons. The van der Waals surface area contributed by atoms with Crippen LogP contribution < -0.4 is 0 Å². The predicted octanol–water partition coefficient (Wildman–Crippen LogP) is 5.63. The number of esters is 1. The van der Waals surface area contributed by atoms with Crippen LogP contribution in [-0.2, 0) is 14.9 Å². The molecule has 198 valence electrons. The lowest BCUT2D eigenvalue weighted by Gasteiger charge is -2.32. The normalized spacial score (nSPS) is 23.6. The molecule has 0 heterocycles. The van der Waals surface area contributed by atoms with Crippen molar-refractivity contribution in [3.05, 3.63) is 47.5 Å². The van der Waals surface area contributed by atoms with Gasteiger partial charge in [0.25, 0.3) is 0 Å². The number of halogens is 1. The van der Waals surface area contributed by atoms with E-state index in [2.05, 4.69) is 57.2 Å². The topological polar surface area (TPSA) is 87.0 Å². The average molecular weight is 509 g/mol. The number of benzene rings is 1. The van der Waals surface area contributed by atoms with E-state index in [1.807, 2.05) is 0 Å². The summed E-state index contributed by atoms with van der Waals surface area (Å²) in [4.78, 5) is 11.5. The van der Waals surface area contributed by atoms with E-state index in [4.69, 9.17) is 21.4 Å². The van der Waals surface area contributed by atoms with Gasteiger partial charge in [0.1, 0.15) is 6.61 Å². The van der Waals surface area contributed by atoms with Crippen LogP contribution in [0, 0.1) is 5.92 Å². The number of ether oxygens (including phenoxy) is 1. The Morgan fingerprint density at radius 1 is 1.20 bits per heavy atom. The van der Waals surface area contributed by atoms with E-state index < -0.39 is 12.2 Å². The van der Waals surface area contributed by atoms with E-state index in [-0.39, 0.29) is 41.8 Å². The Hall–Kier alpha value is -1.40. The molecule has 6 heteroatoms. The highest BCUT2D eigenvalue weighted by Crippen LogP contribution is 2.45. The van der Waals surface area contributed by atoms with E-state index >= 15 is 0 Å². The molecular formula is C29H45ClO5. The first-order chi connectivity index (χ1) is 16.7. The van der Waals surface area contributed by atoms with E-state index in [1.54, 1.807) is 0 Å². The number of carbonyl (C=O) groups is 1. The molecule has 1 aromatic rings. The smallest absolute Gasteiger partial charge is 0.305 e. The van der Waals surface area contributed by atoms with Gasteiger partial charge in [-0.2, -0.15) is 0 Å². The molecule has 2 rings (SSSR count). The molecule has 0 spiro atoms. The number of rotatable bonds is 15. The number of alkyl halides is 1. The highest BCUT2D eigenvalue weighted by atomic mass is 35.5. The van der Waals surface area contributed by atoms with Crippen LogP contribution in [0.3, 0.4) is 0 Å². The van der Waals surface area contributed by atoms with Gasteiger partial charge in [-0.05, 0) is 49.1 Å². The summed E-state index contributed by atoms with van der Waals surface area (Å²) in [5.41, 5.74) is 1.86. The third kappa shape index (κ3) is 8.89. The molecule has 0 amide bonds. The number of unbranched alkanes of at least 4 members (excludes halogenated alkanes) is 3. The van der Waals surface area contributed by atoms with Crippen molar-refractivity contribution in [3.63, 3.8) is 0 Å². The zero-order chi connectivity index (χ0) is 25.8. The number of allylic oxidation sites excluding steroid dienone is 2. The number of hydrogen-bond donors (Lipinski definition) is 3. The second kappa shape index (κ2) is 15.0. The minimum Gasteiger partial charge on any atom is -0.463 e.